The van der Waals surface area contributed by atoms with Gasteiger partial charge in [0.2, 0.25) is 11.8 Å². The fourth-order valence-corrected chi connectivity index (χ4v) is 10.3. The summed E-state index contributed by atoms with van der Waals surface area (Å²) >= 11 is 2.97. The van der Waals surface area contributed by atoms with Gasteiger partial charge in [-0.3, -0.25) is 19.3 Å². The maximum atomic E-state index is 13.7. The fraction of sp³-hybridized carbons (Fsp3) is 0.414. The summed E-state index contributed by atoms with van der Waals surface area (Å²) in [5.74, 6) is -1.13. The number of benzene rings is 2. The second-order valence-corrected chi connectivity index (χ2v) is 14.0. The van der Waals surface area contributed by atoms with Crippen LogP contribution in [0.3, 0.4) is 0 Å². The molecule has 2 aromatic carbocycles. The van der Waals surface area contributed by atoms with Crippen LogP contribution in [0.4, 0.5) is 10.1 Å². The van der Waals surface area contributed by atoms with Crippen molar-refractivity contribution in [2.45, 2.75) is 48.8 Å². The van der Waals surface area contributed by atoms with Gasteiger partial charge in [-0.15, -0.1) is 11.8 Å². The van der Waals surface area contributed by atoms with Gasteiger partial charge in [-0.2, -0.15) is 0 Å². The number of nitrogens with one attached hydrogen (secondary N) is 1. The molecule has 2 aliphatic carbocycles. The maximum absolute atomic E-state index is 13.7. The highest BCUT2D eigenvalue weighted by molar-refractivity contribution is 8.00. The lowest BCUT2D eigenvalue weighted by molar-refractivity contribution is -0.123. The molecule has 7 rings (SSSR count). The molecule has 5 nitrogen and oxygen atoms in total. The zero-order valence-corrected chi connectivity index (χ0v) is 22.4. The van der Waals surface area contributed by atoms with Crippen LogP contribution in [-0.4, -0.2) is 22.0 Å². The van der Waals surface area contributed by atoms with E-state index in [1.807, 2.05) is 0 Å². The number of thioether (sulfide) groups is 1. The molecule has 1 aromatic heterocycles. The van der Waals surface area contributed by atoms with Crippen LogP contribution >= 0.6 is 23.1 Å². The third kappa shape index (κ3) is 3.31. The van der Waals surface area contributed by atoms with E-state index in [1.165, 1.54) is 46.1 Å². The minimum Gasteiger partial charge on any atom is -0.307 e. The number of fused-ring (bicyclic) bond motifs is 9. The van der Waals surface area contributed by atoms with Gasteiger partial charge in [-0.1, -0.05) is 56.4 Å². The number of H-pyrrole nitrogens is 1. The monoisotopic (exact) mass is 534 g/mol. The first-order valence-corrected chi connectivity index (χ1v) is 14.5. The number of aromatic nitrogens is 1. The smallest absolute Gasteiger partial charge is 0.305 e. The Morgan fingerprint density at radius 2 is 1.57 bits per heavy atom. The van der Waals surface area contributed by atoms with Crippen molar-refractivity contribution in [2.24, 2.45) is 29.6 Å². The van der Waals surface area contributed by atoms with Crippen LogP contribution in [0.25, 0.3) is 0 Å². The highest BCUT2D eigenvalue weighted by atomic mass is 32.2. The van der Waals surface area contributed by atoms with Crippen molar-refractivity contribution >= 4 is 40.6 Å². The van der Waals surface area contributed by atoms with E-state index in [9.17, 15) is 18.8 Å². The normalized spacial score (nSPS) is 32.0. The molecule has 1 N–H and O–H groups in total. The average molecular weight is 535 g/mol. The molecule has 3 aromatic rings. The molecule has 0 radical (unpaired) electrons. The van der Waals surface area contributed by atoms with Crippen LogP contribution in [0.1, 0.15) is 49.1 Å². The van der Waals surface area contributed by atoms with E-state index in [0.717, 1.165) is 21.9 Å². The van der Waals surface area contributed by atoms with Gasteiger partial charge >= 0.3 is 4.87 Å². The predicted octanol–water partition coefficient (Wildman–Crippen LogP) is 5.55. The zero-order chi connectivity index (χ0) is 25.8. The van der Waals surface area contributed by atoms with E-state index in [1.54, 1.807) is 11.8 Å². The number of thiazole rings is 1. The van der Waals surface area contributed by atoms with E-state index in [0.29, 0.717) is 5.69 Å². The molecule has 37 heavy (non-hydrogen) atoms. The molecule has 2 amide bonds. The van der Waals surface area contributed by atoms with Crippen molar-refractivity contribution in [3.05, 3.63) is 80.0 Å². The lowest BCUT2D eigenvalue weighted by atomic mass is 9.68. The second kappa shape index (κ2) is 7.90. The highest BCUT2D eigenvalue weighted by Gasteiger charge is 2.69. The molecule has 190 valence electrons. The lowest BCUT2D eigenvalue weighted by Crippen LogP contribution is -2.42. The first-order chi connectivity index (χ1) is 17.6. The molecule has 6 unspecified atom stereocenters. The number of hydrogen-bond acceptors (Lipinski definition) is 5. The summed E-state index contributed by atoms with van der Waals surface area (Å²) in [5, 5.41) is 1.07. The molecular formula is C29H27FN2O3S2. The Bertz CT molecular complexity index is 1490. The van der Waals surface area contributed by atoms with Gasteiger partial charge in [0, 0.05) is 16.0 Å². The van der Waals surface area contributed by atoms with Gasteiger partial charge in [0.1, 0.15) is 5.82 Å². The molecule has 8 heteroatoms. The standard InChI is InChI=1S/C29H27FN2O3S2/c1-29(2,3)14-6-4-13(5-7-14)19-20-17-12-18(23(20)36-25-24(19)37-28(35)31-25)22-21(17)26(33)32(27(22)34)16-10-8-15(30)9-11-16/h4-11,17-23H,12H2,1-3H3,(H,31,35)/t17?,18?,19-,20?,21?,22?,23?/m1/s1. The molecule has 0 spiro atoms. The Balaban J connectivity index is 1.30. The van der Waals surface area contributed by atoms with Crippen molar-refractivity contribution in [1.29, 1.82) is 0 Å². The molecule has 4 aliphatic rings. The number of imide groups is 1. The van der Waals surface area contributed by atoms with Gasteiger partial charge < -0.3 is 4.98 Å². The molecular weight excluding hydrogens is 507 g/mol. The summed E-state index contributed by atoms with van der Waals surface area (Å²) in [4.78, 5) is 45.2. The number of halogens is 1. The summed E-state index contributed by atoms with van der Waals surface area (Å²) in [6, 6.07) is 14.3. The van der Waals surface area contributed by atoms with Crippen molar-refractivity contribution in [1.82, 2.24) is 4.98 Å². The molecule has 7 atom stereocenters. The topological polar surface area (TPSA) is 70.2 Å². The van der Waals surface area contributed by atoms with Crippen molar-refractivity contribution in [3.63, 3.8) is 0 Å². The molecule has 2 aliphatic heterocycles. The molecule has 2 saturated carbocycles. The molecule has 1 saturated heterocycles. The number of carbonyl (C=O) groups excluding carboxylic acids is 2. The second-order valence-electron chi connectivity index (χ2n) is 11.8. The van der Waals surface area contributed by atoms with Gasteiger partial charge in [-0.25, -0.2) is 4.39 Å². The first kappa shape index (κ1) is 23.4. The molecule has 3 heterocycles. The minimum absolute atomic E-state index is 0.0120. The van der Waals surface area contributed by atoms with E-state index < -0.39 is 5.82 Å². The van der Waals surface area contributed by atoms with E-state index >= 15 is 0 Å². The van der Waals surface area contributed by atoms with E-state index in [4.69, 9.17) is 0 Å². The van der Waals surface area contributed by atoms with Crippen LogP contribution in [0, 0.1) is 35.4 Å². The number of hydrogen-bond donors (Lipinski definition) is 1. The third-order valence-electron chi connectivity index (χ3n) is 8.94. The van der Waals surface area contributed by atoms with Gasteiger partial charge in [0.15, 0.2) is 0 Å². The van der Waals surface area contributed by atoms with Crippen LogP contribution < -0.4 is 9.77 Å². The third-order valence-corrected chi connectivity index (χ3v) is 11.5. The highest BCUT2D eigenvalue weighted by Crippen LogP contribution is 2.68. The number of anilines is 1. The van der Waals surface area contributed by atoms with Gasteiger partial charge in [0.05, 0.1) is 22.5 Å². The van der Waals surface area contributed by atoms with Crippen molar-refractivity contribution < 1.29 is 14.0 Å². The van der Waals surface area contributed by atoms with Crippen LogP contribution in [0.5, 0.6) is 0 Å². The van der Waals surface area contributed by atoms with E-state index in [-0.39, 0.29) is 62.9 Å². The number of nitrogens with zero attached hydrogens (tertiary/aromatic N) is 1. The van der Waals surface area contributed by atoms with Crippen LogP contribution in [0.2, 0.25) is 0 Å². The Labute approximate surface area is 222 Å². The summed E-state index contributed by atoms with van der Waals surface area (Å²) in [5.41, 5.74) is 2.89. The average Bonchev–Trinajstić information content (AvgIpc) is 3.58. The summed E-state index contributed by atoms with van der Waals surface area (Å²) in [6.45, 7) is 6.57. The lowest BCUT2D eigenvalue weighted by Gasteiger charge is -2.43. The number of carbonyl (C=O) groups is 2. The first-order valence-electron chi connectivity index (χ1n) is 12.8. The largest absolute Gasteiger partial charge is 0.307 e. The Kier molecular flexibility index (Phi) is 5.00. The zero-order valence-electron chi connectivity index (χ0n) is 20.7. The summed E-state index contributed by atoms with van der Waals surface area (Å²) < 4.78 is 13.5. The van der Waals surface area contributed by atoms with Gasteiger partial charge in [-0.05, 0) is 65.0 Å². The summed E-state index contributed by atoms with van der Waals surface area (Å²) in [6.07, 6.45) is 0.849. The van der Waals surface area contributed by atoms with Crippen molar-refractivity contribution in [2.75, 3.05) is 4.90 Å². The number of amides is 2. The minimum atomic E-state index is -0.397. The quantitative estimate of drug-likeness (QED) is 0.438. The Hall–Kier alpha value is -2.71. The van der Waals surface area contributed by atoms with Crippen molar-refractivity contribution in [3.8, 4) is 0 Å². The van der Waals surface area contributed by atoms with Crippen LogP contribution in [0.15, 0.2) is 58.4 Å². The molecule has 3 fully saturated rings. The van der Waals surface area contributed by atoms with E-state index in [2.05, 4.69) is 50.0 Å². The Morgan fingerprint density at radius 3 is 2.22 bits per heavy atom. The number of aromatic amines is 1. The number of rotatable bonds is 2. The van der Waals surface area contributed by atoms with Crippen LogP contribution in [-0.2, 0) is 15.0 Å². The SMILES string of the molecule is CC(C)(C)c1ccc([C@H]2c3sc(=O)[nH]c3SC3C4CC(C5C(=O)N(c6ccc(F)cc6)C(=O)C45)C32)cc1. The predicted molar refractivity (Wildman–Crippen MR) is 143 cm³/mol. The maximum Gasteiger partial charge on any atom is 0.305 e. The summed E-state index contributed by atoms with van der Waals surface area (Å²) in [7, 11) is 0. The fourth-order valence-electron chi connectivity index (χ4n) is 7.43. The van der Waals surface area contributed by atoms with Gasteiger partial charge in [0.25, 0.3) is 0 Å². The molecule has 2 bridgehead atoms. The Morgan fingerprint density at radius 1 is 0.919 bits per heavy atom.